The van der Waals surface area contributed by atoms with Crippen molar-refractivity contribution in [2.75, 3.05) is 5.75 Å². The Labute approximate surface area is 107 Å². The molecule has 0 saturated heterocycles. The summed E-state index contributed by atoms with van der Waals surface area (Å²) in [7, 11) is -3.41. The summed E-state index contributed by atoms with van der Waals surface area (Å²) in [6.45, 7) is 0. The quantitative estimate of drug-likeness (QED) is 0.826. The molecule has 2 rings (SSSR count). The number of aryl methyl sites for hydroxylation is 1. The minimum absolute atomic E-state index is 0.0328. The first-order chi connectivity index (χ1) is 8.61. The van der Waals surface area contributed by atoms with Crippen molar-refractivity contribution < 1.29 is 8.42 Å². The summed E-state index contributed by atoms with van der Waals surface area (Å²) in [5.41, 5.74) is 0.739. The lowest BCUT2D eigenvalue weighted by Crippen LogP contribution is -2.37. The molecule has 0 radical (unpaired) electrons. The first kappa shape index (κ1) is 13.0. The van der Waals surface area contributed by atoms with Gasteiger partial charge < -0.3 is 0 Å². The maximum absolute atomic E-state index is 11.8. The van der Waals surface area contributed by atoms with Gasteiger partial charge >= 0.3 is 0 Å². The molecule has 0 amide bonds. The average Bonchev–Trinajstić information content (AvgIpc) is 3.19. The first-order valence-electron chi connectivity index (χ1n) is 5.90. The number of aromatic nitrogens is 1. The van der Waals surface area contributed by atoms with E-state index in [0.717, 1.165) is 18.5 Å². The Morgan fingerprint density at radius 3 is 2.83 bits per heavy atom. The maximum atomic E-state index is 11.8. The number of sulfonamides is 1. The van der Waals surface area contributed by atoms with E-state index >= 15 is 0 Å². The van der Waals surface area contributed by atoms with Crippen LogP contribution in [0.5, 0.6) is 0 Å². The minimum atomic E-state index is -3.41. The van der Waals surface area contributed by atoms with E-state index in [1.54, 1.807) is 18.3 Å². The highest BCUT2D eigenvalue weighted by Gasteiger charge is 2.33. The van der Waals surface area contributed by atoms with Crippen molar-refractivity contribution in [3.05, 3.63) is 30.1 Å². The van der Waals surface area contributed by atoms with Gasteiger partial charge in [-0.2, -0.15) is 9.98 Å². The summed E-state index contributed by atoms with van der Waals surface area (Å²) in [4.78, 5) is 4.07. The van der Waals surface area contributed by atoms with Crippen molar-refractivity contribution >= 4 is 10.0 Å². The van der Waals surface area contributed by atoms with Gasteiger partial charge in [0.15, 0.2) is 0 Å². The third-order valence-corrected chi connectivity index (χ3v) is 4.25. The van der Waals surface area contributed by atoms with Crippen molar-refractivity contribution in [3.63, 3.8) is 0 Å². The Hall–Kier alpha value is -1.45. The third-order valence-electron chi connectivity index (χ3n) is 2.89. The average molecular weight is 265 g/mol. The van der Waals surface area contributed by atoms with Crippen LogP contribution < -0.4 is 4.72 Å². The second kappa shape index (κ2) is 5.46. The smallest absolute Gasteiger partial charge is 0.213 e. The lowest BCUT2D eigenvalue weighted by Gasteiger charge is -2.10. The van der Waals surface area contributed by atoms with Gasteiger partial charge in [0, 0.05) is 18.3 Å². The second-order valence-corrected chi connectivity index (χ2v) is 6.33. The van der Waals surface area contributed by atoms with E-state index in [1.807, 2.05) is 12.1 Å². The Kier molecular flexibility index (Phi) is 3.94. The molecule has 0 aromatic carbocycles. The van der Waals surface area contributed by atoms with E-state index in [1.165, 1.54) is 0 Å². The number of rotatable bonds is 6. The molecular formula is C12H15N3O2S. The number of hydrogen-bond donors (Lipinski definition) is 1. The number of nitrogens with zero attached hydrogens (tertiary/aromatic N) is 2. The molecule has 1 aromatic rings. The molecular weight excluding hydrogens is 250 g/mol. The molecule has 96 valence electrons. The van der Waals surface area contributed by atoms with Crippen molar-refractivity contribution in [1.82, 2.24) is 9.71 Å². The summed E-state index contributed by atoms with van der Waals surface area (Å²) in [5, 5.41) is 8.90. The summed E-state index contributed by atoms with van der Waals surface area (Å²) < 4.78 is 26.1. The van der Waals surface area contributed by atoms with Gasteiger partial charge in [-0.05, 0) is 30.9 Å². The van der Waals surface area contributed by atoms with E-state index in [-0.39, 0.29) is 11.7 Å². The molecule has 1 fully saturated rings. The molecule has 1 aliphatic rings. The van der Waals surface area contributed by atoms with Crippen LogP contribution in [0, 0.1) is 17.2 Å². The molecule has 1 aromatic heterocycles. The highest BCUT2D eigenvalue weighted by atomic mass is 32.2. The monoisotopic (exact) mass is 265 g/mol. The third kappa shape index (κ3) is 3.79. The normalized spacial score (nSPS) is 17.1. The molecule has 6 heteroatoms. The predicted octanol–water partition coefficient (Wildman–Crippen LogP) is 0.846. The summed E-state index contributed by atoms with van der Waals surface area (Å²) in [6.07, 6.45) is 3.86. The minimum Gasteiger partial charge on any atom is -0.261 e. The molecule has 18 heavy (non-hydrogen) atoms. The van der Waals surface area contributed by atoms with Crippen LogP contribution in [0.2, 0.25) is 0 Å². The molecule has 5 nitrogen and oxygen atoms in total. The van der Waals surface area contributed by atoms with E-state index in [0.29, 0.717) is 6.42 Å². The number of pyridine rings is 1. The summed E-state index contributed by atoms with van der Waals surface area (Å²) >= 11 is 0. The lowest BCUT2D eigenvalue weighted by atomic mass is 10.2. The van der Waals surface area contributed by atoms with E-state index in [4.69, 9.17) is 5.26 Å². The Morgan fingerprint density at radius 2 is 2.28 bits per heavy atom. The first-order valence-corrected chi connectivity index (χ1v) is 7.55. The van der Waals surface area contributed by atoms with Crippen molar-refractivity contribution in [2.45, 2.75) is 25.3 Å². The predicted molar refractivity (Wildman–Crippen MR) is 67.0 cm³/mol. The van der Waals surface area contributed by atoms with Crippen LogP contribution in [0.4, 0.5) is 0 Å². The van der Waals surface area contributed by atoms with Gasteiger partial charge in [-0.25, -0.2) is 8.42 Å². The molecule has 1 aliphatic carbocycles. The van der Waals surface area contributed by atoms with Crippen molar-refractivity contribution in [2.24, 2.45) is 5.92 Å². The SMILES string of the molecule is N#CC(NS(=O)(=O)CCc1ccccn1)C1CC1. The topological polar surface area (TPSA) is 82.9 Å². The lowest BCUT2D eigenvalue weighted by molar-refractivity contribution is 0.559. The van der Waals surface area contributed by atoms with Crippen LogP contribution in [0.1, 0.15) is 18.5 Å². The van der Waals surface area contributed by atoms with E-state index < -0.39 is 16.1 Å². The van der Waals surface area contributed by atoms with Crippen molar-refractivity contribution in [3.8, 4) is 6.07 Å². The Balaban J connectivity index is 1.89. The summed E-state index contributed by atoms with van der Waals surface area (Å²) in [5.74, 6) is 0.161. The second-order valence-electron chi connectivity index (χ2n) is 4.45. The highest BCUT2D eigenvalue weighted by molar-refractivity contribution is 7.89. The van der Waals surface area contributed by atoms with Gasteiger partial charge in [0.1, 0.15) is 6.04 Å². The van der Waals surface area contributed by atoms with Crippen molar-refractivity contribution in [1.29, 1.82) is 5.26 Å². The number of hydrogen-bond acceptors (Lipinski definition) is 4. The van der Waals surface area contributed by atoms with Crippen LogP contribution in [0.3, 0.4) is 0 Å². The number of nitrogens with one attached hydrogen (secondary N) is 1. The molecule has 1 N–H and O–H groups in total. The summed E-state index contributed by atoms with van der Waals surface area (Å²) in [6, 6.07) is 6.84. The van der Waals surface area contributed by atoms with Gasteiger partial charge in [-0.1, -0.05) is 6.07 Å². The highest BCUT2D eigenvalue weighted by Crippen LogP contribution is 2.32. The fourth-order valence-corrected chi connectivity index (χ4v) is 2.92. The van der Waals surface area contributed by atoms with E-state index in [2.05, 4.69) is 9.71 Å². The Morgan fingerprint density at radius 1 is 1.50 bits per heavy atom. The van der Waals surface area contributed by atoms with Crippen LogP contribution in [0.15, 0.2) is 24.4 Å². The van der Waals surface area contributed by atoms with Gasteiger partial charge in [0.2, 0.25) is 10.0 Å². The molecule has 0 spiro atoms. The van der Waals surface area contributed by atoms with Crippen LogP contribution in [-0.2, 0) is 16.4 Å². The largest absolute Gasteiger partial charge is 0.261 e. The van der Waals surface area contributed by atoms with Gasteiger partial charge in [-0.3, -0.25) is 4.98 Å². The van der Waals surface area contributed by atoms with Gasteiger partial charge in [0.05, 0.1) is 11.8 Å². The molecule has 1 saturated carbocycles. The zero-order chi connectivity index (χ0) is 13.0. The van der Waals surface area contributed by atoms with Crippen LogP contribution in [0.25, 0.3) is 0 Å². The van der Waals surface area contributed by atoms with Crippen LogP contribution >= 0.6 is 0 Å². The molecule has 1 atom stereocenters. The maximum Gasteiger partial charge on any atom is 0.213 e. The number of nitriles is 1. The van der Waals surface area contributed by atoms with E-state index in [9.17, 15) is 8.42 Å². The fraction of sp³-hybridized carbons (Fsp3) is 0.500. The molecule has 0 bridgehead atoms. The molecule has 1 unspecified atom stereocenters. The zero-order valence-corrected chi connectivity index (χ0v) is 10.7. The molecule has 1 heterocycles. The van der Waals surface area contributed by atoms with Gasteiger partial charge in [-0.15, -0.1) is 0 Å². The fourth-order valence-electron chi connectivity index (χ4n) is 1.69. The molecule has 0 aliphatic heterocycles. The zero-order valence-electron chi connectivity index (χ0n) is 9.91. The standard InChI is InChI=1S/C12H15N3O2S/c13-9-12(10-4-5-10)15-18(16,17)8-6-11-3-1-2-7-14-11/h1-3,7,10,12,15H,4-6,8H2. The van der Waals surface area contributed by atoms with Gasteiger partial charge in [0.25, 0.3) is 0 Å². The van der Waals surface area contributed by atoms with Crippen LogP contribution in [-0.4, -0.2) is 25.2 Å². The Bertz CT molecular complexity index is 532.